The van der Waals surface area contributed by atoms with Crippen LogP contribution in [0.15, 0.2) is 48.5 Å². The molecule has 0 heterocycles. The molecule has 41 heavy (non-hydrogen) atoms. The van der Waals surface area contributed by atoms with E-state index >= 15 is 0 Å². The highest BCUT2D eigenvalue weighted by Crippen LogP contribution is 2.44. The maximum absolute atomic E-state index is 13.2. The Hall–Kier alpha value is -3.63. The van der Waals surface area contributed by atoms with Crippen molar-refractivity contribution in [1.29, 1.82) is 0 Å². The molecule has 2 aromatic carbocycles. The fourth-order valence-electron chi connectivity index (χ4n) is 4.49. The summed E-state index contributed by atoms with van der Waals surface area (Å²) in [5, 5.41) is 5.39. The second-order valence-corrected chi connectivity index (χ2v) is 10.7. The Balaban J connectivity index is 1.55. The first-order valence-electron chi connectivity index (χ1n) is 14.2. The van der Waals surface area contributed by atoms with Crippen LogP contribution in [0.4, 0.5) is 9.59 Å². The monoisotopic (exact) mass is 569 g/mol. The molecule has 1 aliphatic carbocycles. The lowest BCUT2D eigenvalue weighted by molar-refractivity contribution is -0.122. The Morgan fingerprint density at radius 1 is 0.829 bits per heavy atom. The van der Waals surface area contributed by atoms with E-state index in [1.165, 1.54) is 4.90 Å². The Labute approximate surface area is 242 Å². The molecule has 0 aliphatic heterocycles. The van der Waals surface area contributed by atoms with Crippen LogP contribution in [0.3, 0.4) is 0 Å². The van der Waals surface area contributed by atoms with E-state index in [2.05, 4.69) is 22.8 Å². The molecule has 3 amide bonds. The number of ether oxygens (including phenoxy) is 4. The predicted octanol–water partition coefficient (Wildman–Crippen LogP) is 4.32. The highest BCUT2D eigenvalue weighted by atomic mass is 16.6. The van der Waals surface area contributed by atoms with Crippen molar-refractivity contribution in [2.24, 2.45) is 0 Å². The standard InChI is InChI=1S/C31H43N3O7/c1-5-17-38-19-20-39-18-15-32-28(35)21-34(16-14-33-29(36)41-31(2,3)4)30(37)40-22-27-25-12-8-6-10-23(25)24-11-7-9-13-26(24)27/h6-13,27H,5,14-22H2,1-4H3,(H,32,35)(H,33,36). The zero-order valence-corrected chi connectivity index (χ0v) is 24.6. The lowest BCUT2D eigenvalue weighted by atomic mass is 9.98. The first-order valence-corrected chi connectivity index (χ1v) is 14.2. The summed E-state index contributed by atoms with van der Waals surface area (Å²) in [5.41, 5.74) is 3.79. The van der Waals surface area contributed by atoms with Gasteiger partial charge in [-0.15, -0.1) is 0 Å². The van der Waals surface area contributed by atoms with Crippen LogP contribution >= 0.6 is 0 Å². The van der Waals surface area contributed by atoms with Crippen LogP contribution in [0.5, 0.6) is 0 Å². The average molecular weight is 570 g/mol. The van der Waals surface area contributed by atoms with E-state index in [4.69, 9.17) is 18.9 Å². The van der Waals surface area contributed by atoms with Crippen molar-refractivity contribution in [3.05, 3.63) is 59.7 Å². The summed E-state index contributed by atoms with van der Waals surface area (Å²) in [7, 11) is 0. The van der Waals surface area contributed by atoms with Crippen molar-refractivity contribution in [2.75, 3.05) is 59.2 Å². The van der Waals surface area contributed by atoms with Gasteiger partial charge in [0.25, 0.3) is 0 Å². The van der Waals surface area contributed by atoms with Crippen molar-refractivity contribution in [1.82, 2.24) is 15.5 Å². The zero-order chi connectivity index (χ0) is 29.7. The van der Waals surface area contributed by atoms with Gasteiger partial charge in [0.15, 0.2) is 0 Å². The van der Waals surface area contributed by atoms with Gasteiger partial charge in [0, 0.05) is 32.2 Å². The Kier molecular flexibility index (Phi) is 12.4. The summed E-state index contributed by atoms with van der Waals surface area (Å²) in [6, 6.07) is 16.2. The molecule has 0 radical (unpaired) electrons. The number of benzene rings is 2. The van der Waals surface area contributed by atoms with Crippen LogP contribution < -0.4 is 10.6 Å². The van der Waals surface area contributed by atoms with E-state index in [1.807, 2.05) is 43.3 Å². The number of carbonyl (C=O) groups excluding carboxylic acids is 3. The first-order chi connectivity index (χ1) is 19.7. The Morgan fingerprint density at radius 2 is 1.44 bits per heavy atom. The minimum absolute atomic E-state index is 0.0641. The van der Waals surface area contributed by atoms with Gasteiger partial charge in [-0.2, -0.15) is 0 Å². The predicted molar refractivity (Wildman–Crippen MR) is 156 cm³/mol. The number of fused-ring (bicyclic) bond motifs is 3. The molecule has 0 spiro atoms. The maximum atomic E-state index is 13.2. The van der Waals surface area contributed by atoms with Gasteiger partial charge in [-0.05, 0) is 49.4 Å². The van der Waals surface area contributed by atoms with Gasteiger partial charge in [-0.25, -0.2) is 9.59 Å². The molecule has 0 unspecified atom stereocenters. The van der Waals surface area contributed by atoms with E-state index in [1.54, 1.807) is 20.8 Å². The molecule has 0 fully saturated rings. The van der Waals surface area contributed by atoms with Gasteiger partial charge in [0.2, 0.25) is 5.91 Å². The molecule has 0 aromatic heterocycles. The Bertz CT molecular complexity index is 1100. The third kappa shape index (κ3) is 10.4. The largest absolute Gasteiger partial charge is 0.448 e. The molecule has 10 heteroatoms. The first kappa shape index (κ1) is 31.9. The van der Waals surface area contributed by atoms with Crippen LogP contribution in [0.25, 0.3) is 11.1 Å². The van der Waals surface area contributed by atoms with Crippen molar-refractivity contribution in [2.45, 2.75) is 45.6 Å². The lowest BCUT2D eigenvalue weighted by Crippen LogP contribution is -2.45. The number of hydrogen-bond acceptors (Lipinski definition) is 7. The van der Waals surface area contributed by atoms with Gasteiger partial charge >= 0.3 is 12.2 Å². The highest BCUT2D eigenvalue weighted by molar-refractivity contribution is 5.82. The van der Waals surface area contributed by atoms with E-state index in [0.717, 1.165) is 28.7 Å². The molecule has 10 nitrogen and oxygen atoms in total. The summed E-state index contributed by atoms with van der Waals surface area (Å²) in [6.45, 7) is 9.64. The zero-order valence-electron chi connectivity index (χ0n) is 24.6. The molecule has 0 bridgehead atoms. The second kappa shape index (κ2) is 16.0. The highest BCUT2D eigenvalue weighted by Gasteiger charge is 2.30. The fourth-order valence-corrected chi connectivity index (χ4v) is 4.49. The van der Waals surface area contributed by atoms with Crippen molar-refractivity contribution in [3.8, 4) is 11.1 Å². The number of amides is 3. The third-order valence-corrected chi connectivity index (χ3v) is 6.27. The third-order valence-electron chi connectivity index (χ3n) is 6.27. The molecular weight excluding hydrogens is 526 g/mol. The Morgan fingerprint density at radius 3 is 2.05 bits per heavy atom. The van der Waals surface area contributed by atoms with Crippen LogP contribution in [-0.4, -0.2) is 87.8 Å². The molecule has 224 valence electrons. The van der Waals surface area contributed by atoms with Crippen LogP contribution in [0.2, 0.25) is 0 Å². The average Bonchev–Trinajstić information content (AvgIpc) is 3.25. The number of hydrogen-bond donors (Lipinski definition) is 2. The van der Waals surface area contributed by atoms with Gasteiger partial charge in [0.05, 0.1) is 19.8 Å². The fraction of sp³-hybridized carbons (Fsp3) is 0.516. The SMILES string of the molecule is CCCOCCOCCNC(=O)CN(CCNC(=O)OC(C)(C)C)C(=O)OCC1c2ccccc2-c2ccccc21. The molecule has 1 aliphatic rings. The normalized spacial score (nSPS) is 12.3. The maximum Gasteiger partial charge on any atom is 0.410 e. The van der Waals surface area contributed by atoms with E-state index in [-0.39, 0.29) is 38.1 Å². The van der Waals surface area contributed by atoms with Gasteiger partial charge in [-0.1, -0.05) is 55.5 Å². The summed E-state index contributed by atoms with van der Waals surface area (Å²) in [4.78, 5) is 39.2. The molecular formula is C31H43N3O7. The number of carbonyl (C=O) groups is 3. The molecule has 2 N–H and O–H groups in total. The van der Waals surface area contributed by atoms with E-state index in [9.17, 15) is 14.4 Å². The summed E-state index contributed by atoms with van der Waals surface area (Å²) < 4.78 is 21.8. The second-order valence-electron chi connectivity index (χ2n) is 10.7. The summed E-state index contributed by atoms with van der Waals surface area (Å²) >= 11 is 0. The van der Waals surface area contributed by atoms with Gasteiger partial charge in [0.1, 0.15) is 18.8 Å². The molecule has 0 atom stereocenters. The van der Waals surface area contributed by atoms with E-state index in [0.29, 0.717) is 33.0 Å². The van der Waals surface area contributed by atoms with Crippen LogP contribution in [0, 0.1) is 0 Å². The number of nitrogens with one attached hydrogen (secondary N) is 2. The van der Waals surface area contributed by atoms with Crippen molar-refractivity contribution < 1.29 is 33.3 Å². The molecule has 0 saturated carbocycles. The van der Waals surface area contributed by atoms with E-state index < -0.39 is 17.8 Å². The van der Waals surface area contributed by atoms with Crippen LogP contribution in [-0.2, 0) is 23.7 Å². The number of nitrogens with zero attached hydrogens (tertiary/aromatic N) is 1. The van der Waals surface area contributed by atoms with Gasteiger partial charge < -0.3 is 29.6 Å². The molecule has 3 rings (SSSR count). The van der Waals surface area contributed by atoms with Crippen molar-refractivity contribution in [3.63, 3.8) is 0 Å². The molecule has 0 saturated heterocycles. The van der Waals surface area contributed by atoms with Gasteiger partial charge in [-0.3, -0.25) is 9.69 Å². The smallest absolute Gasteiger partial charge is 0.410 e. The minimum Gasteiger partial charge on any atom is -0.448 e. The lowest BCUT2D eigenvalue weighted by Gasteiger charge is -2.24. The van der Waals surface area contributed by atoms with Crippen molar-refractivity contribution >= 4 is 18.1 Å². The molecule has 2 aromatic rings. The summed E-state index contributed by atoms with van der Waals surface area (Å²) in [5.74, 6) is -0.470. The topological polar surface area (TPSA) is 115 Å². The number of rotatable bonds is 15. The van der Waals surface area contributed by atoms with Crippen LogP contribution in [0.1, 0.15) is 51.2 Å². The minimum atomic E-state index is -0.652. The summed E-state index contributed by atoms with van der Waals surface area (Å²) in [6.07, 6.45) is -0.296. The quantitative estimate of drug-likeness (QED) is 0.307. The number of alkyl carbamates (subject to hydrolysis) is 1.